The monoisotopic (exact) mass is 227 g/mol. The molecule has 16 heavy (non-hydrogen) atoms. The van der Waals surface area contributed by atoms with E-state index in [1.165, 1.54) is 26.6 Å². The molecule has 0 spiro atoms. The van der Waals surface area contributed by atoms with E-state index in [1.807, 2.05) is 0 Å². The largest absolute Gasteiger partial charge is 0.481 e. The number of aliphatic hydroxyl groups is 1. The van der Waals surface area contributed by atoms with Gasteiger partial charge in [-0.2, -0.15) is 0 Å². The summed E-state index contributed by atoms with van der Waals surface area (Å²) in [5, 5.41) is 11.7. The molecule has 1 aromatic heterocycles. The molecule has 1 atom stereocenters. The number of carbonyl (C=O) groups is 1. The fraction of sp³-hybridized carbons (Fsp3) is 0.444. The van der Waals surface area contributed by atoms with Crippen LogP contribution in [0.2, 0.25) is 0 Å². The Labute approximate surface area is 92.4 Å². The highest BCUT2D eigenvalue weighted by Crippen LogP contribution is 2.11. The second-order valence-electron chi connectivity index (χ2n) is 2.85. The molecule has 0 amide bonds. The number of ether oxygens (including phenoxy) is 2. The summed E-state index contributed by atoms with van der Waals surface area (Å²) in [4.78, 5) is 18.9. The molecule has 7 heteroatoms. The Morgan fingerprint density at radius 1 is 1.56 bits per heavy atom. The van der Waals surface area contributed by atoms with Crippen molar-refractivity contribution in [3.05, 3.63) is 12.4 Å². The van der Waals surface area contributed by atoms with Crippen LogP contribution in [0.5, 0.6) is 5.88 Å². The van der Waals surface area contributed by atoms with E-state index in [4.69, 9.17) is 9.84 Å². The molecule has 1 rings (SSSR count). The highest BCUT2D eigenvalue weighted by Gasteiger charge is 2.18. The smallest absolute Gasteiger partial charge is 0.330 e. The highest BCUT2D eigenvalue weighted by atomic mass is 16.5. The van der Waals surface area contributed by atoms with Gasteiger partial charge in [-0.3, -0.25) is 0 Å². The van der Waals surface area contributed by atoms with Crippen molar-refractivity contribution >= 4 is 11.8 Å². The summed E-state index contributed by atoms with van der Waals surface area (Å²) in [6.07, 6.45) is 1.28. The van der Waals surface area contributed by atoms with Crippen LogP contribution in [-0.4, -0.2) is 47.9 Å². The Balaban J connectivity index is 2.73. The van der Waals surface area contributed by atoms with E-state index in [0.29, 0.717) is 11.7 Å². The lowest BCUT2D eigenvalue weighted by atomic mass is 10.3. The van der Waals surface area contributed by atoms with Crippen molar-refractivity contribution in [1.82, 2.24) is 9.97 Å². The Bertz CT molecular complexity index is 358. The topological polar surface area (TPSA) is 93.6 Å². The van der Waals surface area contributed by atoms with Crippen LogP contribution in [-0.2, 0) is 9.53 Å². The molecular weight excluding hydrogens is 214 g/mol. The first-order valence-electron chi connectivity index (χ1n) is 4.52. The molecule has 1 heterocycles. The summed E-state index contributed by atoms with van der Waals surface area (Å²) in [5.74, 6) is 0.162. The molecule has 0 aliphatic rings. The number of aromatic nitrogens is 2. The average molecular weight is 227 g/mol. The minimum absolute atomic E-state index is 0.360. The Kier molecular flexibility index (Phi) is 4.46. The van der Waals surface area contributed by atoms with Gasteiger partial charge < -0.3 is 19.9 Å². The van der Waals surface area contributed by atoms with Gasteiger partial charge in [0.2, 0.25) is 5.88 Å². The quantitative estimate of drug-likeness (QED) is 0.650. The molecule has 0 aliphatic heterocycles. The van der Waals surface area contributed by atoms with Crippen molar-refractivity contribution in [3.8, 4) is 5.88 Å². The van der Waals surface area contributed by atoms with E-state index in [9.17, 15) is 4.79 Å². The maximum atomic E-state index is 11.2. The summed E-state index contributed by atoms with van der Waals surface area (Å²) in [6.45, 7) is -0.390. The van der Waals surface area contributed by atoms with Gasteiger partial charge in [0.05, 0.1) is 20.8 Å². The molecule has 88 valence electrons. The zero-order valence-electron chi connectivity index (χ0n) is 9.01. The summed E-state index contributed by atoms with van der Waals surface area (Å²) in [6, 6.07) is 0.649. The van der Waals surface area contributed by atoms with Crippen LogP contribution in [0.25, 0.3) is 0 Å². The zero-order chi connectivity index (χ0) is 12.0. The number of esters is 1. The maximum absolute atomic E-state index is 11.2. The summed E-state index contributed by atoms with van der Waals surface area (Å²) < 4.78 is 9.38. The summed E-state index contributed by atoms with van der Waals surface area (Å²) in [5.41, 5.74) is 0. The molecule has 1 aromatic rings. The lowest BCUT2D eigenvalue weighted by molar-refractivity contribution is -0.142. The van der Waals surface area contributed by atoms with Crippen molar-refractivity contribution in [2.24, 2.45) is 0 Å². The molecule has 0 fully saturated rings. The lowest BCUT2D eigenvalue weighted by Crippen LogP contribution is -2.34. The van der Waals surface area contributed by atoms with Crippen molar-refractivity contribution in [3.63, 3.8) is 0 Å². The van der Waals surface area contributed by atoms with Crippen molar-refractivity contribution in [2.75, 3.05) is 26.1 Å². The molecule has 1 unspecified atom stereocenters. The Morgan fingerprint density at radius 2 is 2.31 bits per heavy atom. The normalized spacial score (nSPS) is 11.7. The first-order valence-corrected chi connectivity index (χ1v) is 4.52. The number of nitrogens with one attached hydrogen (secondary N) is 1. The second kappa shape index (κ2) is 5.86. The van der Waals surface area contributed by atoms with Gasteiger partial charge in [-0.05, 0) is 0 Å². The van der Waals surface area contributed by atoms with Crippen molar-refractivity contribution in [1.29, 1.82) is 0 Å². The predicted molar refractivity (Wildman–Crippen MR) is 55.1 cm³/mol. The summed E-state index contributed by atoms with van der Waals surface area (Å²) >= 11 is 0. The number of methoxy groups -OCH3 is 2. The van der Waals surface area contributed by atoms with Gasteiger partial charge in [0.25, 0.3) is 0 Å². The van der Waals surface area contributed by atoms with E-state index in [0.717, 1.165) is 0 Å². The maximum Gasteiger partial charge on any atom is 0.330 e. The molecule has 0 saturated carbocycles. The van der Waals surface area contributed by atoms with E-state index < -0.39 is 12.0 Å². The number of anilines is 1. The van der Waals surface area contributed by atoms with Crippen LogP contribution in [0, 0.1) is 0 Å². The van der Waals surface area contributed by atoms with Gasteiger partial charge in [-0.25, -0.2) is 14.8 Å². The molecule has 0 saturated heterocycles. The average Bonchev–Trinajstić information content (AvgIpc) is 2.35. The van der Waals surface area contributed by atoms with Crippen molar-refractivity contribution < 1.29 is 19.4 Å². The number of hydrogen-bond donors (Lipinski definition) is 2. The third kappa shape index (κ3) is 3.06. The fourth-order valence-corrected chi connectivity index (χ4v) is 1.03. The standard InChI is InChI=1S/C9H13N3O4/c1-15-8-3-7(10-5-11-8)12-6(4-13)9(14)16-2/h3,5-6,13H,4H2,1-2H3,(H,10,11,12). The number of nitrogens with zero attached hydrogens (tertiary/aromatic N) is 2. The van der Waals surface area contributed by atoms with Crippen LogP contribution in [0.1, 0.15) is 0 Å². The van der Waals surface area contributed by atoms with E-state index >= 15 is 0 Å². The minimum atomic E-state index is -0.857. The number of rotatable bonds is 5. The minimum Gasteiger partial charge on any atom is -0.481 e. The van der Waals surface area contributed by atoms with Gasteiger partial charge in [0.15, 0.2) is 0 Å². The number of carbonyl (C=O) groups excluding carboxylic acids is 1. The Hall–Kier alpha value is -1.89. The number of hydrogen-bond acceptors (Lipinski definition) is 7. The van der Waals surface area contributed by atoms with Crippen LogP contribution >= 0.6 is 0 Å². The first-order chi connectivity index (χ1) is 7.71. The third-order valence-electron chi connectivity index (χ3n) is 1.84. The molecule has 0 radical (unpaired) electrons. The molecule has 0 aromatic carbocycles. The lowest BCUT2D eigenvalue weighted by Gasteiger charge is -2.14. The molecular formula is C9H13N3O4. The fourth-order valence-electron chi connectivity index (χ4n) is 1.03. The van der Waals surface area contributed by atoms with Crippen LogP contribution < -0.4 is 10.1 Å². The van der Waals surface area contributed by atoms with Crippen LogP contribution in [0.3, 0.4) is 0 Å². The van der Waals surface area contributed by atoms with Gasteiger partial charge >= 0.3 is 5.97 Å². The molecule has 0 aliphatic carbocycles. The highest BCUT2D eigenvalue weighted by molar-refractivity contribution is 5.78. The molecule has 7 nitrogen and oxygen atoms in total. The van der Waals surface area contributed by atoms with Crippen molar-refractivity contribution in [2.45, 2.75) is 6.04 Å². The molecule has 2 N–H and O–H groups in total. The van der Waals surface area contributed by atoms with E-state index in [1.54, 1.807) is 0 Å². The molecule has 0 bridgehead atoms. The zero-order valence-corrected chi connectivity index (χ0v) is 9.01. The van der Waals surface area contributed by atoms with E-state index in [-0.39, 0.29) is 6.61 Å². The third-order valence-corrected chi connectivity index (χ3v) is 1.84. The predicted octanol–water partition coefficient (Wildman–Crippen LogP) is -0.569. The van der Waals surface area contributed by atoms with Crippen LogP contribution in [0.4, 0.5) is 5.82 Å². The second-order valence-corrected chi connectivity index (χ2v) is 2.85. The first kappa shape index (κ1) is 12.2. The SMILES string of the molecule is COC(=O)C(CO)Nc1cc(OC)ncn1. The van der Waals surface area contributed by atoms with Gasteiger partial charge in [0, 0.05) is 6.07 Å². The van der Waals surface area contributed by atoms with Crippen LogP contribution in [0.15, 0.2) is 12.4 Å². The summed E-state index contributed by atoms with van der Waals surface area (Å²) in [7, 11) is 2.71. The van der Waals surface area contributed by atoms with Gasteiger partial charge in [-0.15, -0.1) is 0 Å². The van der Waals surface area contributed by atoms with Gasteiger partial charge in [0.1, 0.15) is 18.2 Å². The van der Waals surface area contributed by atoms with Gasteiger partial charge in [-0.1, -0.05) is 0 Å². The Morgan fingerprint density at radius 3 is 2.88 bits per heavy atom. The number of aliphatic hydroxyl groups excluding tert-OH is 1. The van der Waals surface area contributed by atoms with E-state index in [2.05, 4.69) is 20.0 Å².